The number of aliphatic hydroxyl groups is 1. The lowest BCUT2D eigenvalue weighted by Gasteiger charge is -2.58. The van der Waals surface area contributed by atoms with Gasteiger partial charge in [0, 0.05) is 35.9 Å². The maximum atomic E-state index is 12.0. The summed E-state index contributed by atoms with van der Waals surface area (Å²) in [6.07, 6.45) is 5.60. The molecule has 5 atom stereocenters. The number of quaternary nitrogens is 1. The van der Waals surface area contributed by atoms with Gasteiger partial charge in [-0.3, -0.25) is 4.98 Å². The summed E-state index contributed by atoms with van der Waals surface area (Å²) in [7, 11) is 1.68. The number of ether oxygens (including phenoxy) is 1. The lowest BCUT2D eigenvalue weighted by molar-refractivity contribution is -0.984. The first-order chi connectivity index (χ1) is 18.1. The van der Waals surface area contributed by atoms with E-state index in [9.17, 15) is 5.11 Å². The molecule has 4 heterocycles. The summed E-state index contributed by atoms with van der Waals surface area (Å²) in [5.41, 5.74) is 5.63. The van der Waals surface area contributed by atoms with Crippen molar-refractivity contribution < 1.29 is 14.3 Å². The van der Waals surface area contributed by atoms with E-state index in [1.807, 2.05) is 30.5 Å². The minimum absolute atomic E-state index is 0.126. The van der Waals surface area contributed by atoms with E-state index in [4.69, 9.17) is 4.74 Å². The topological polar surface area (TPSA) is 42.4 Å². The van der Waals surface area contributed by atoms with Gasteiger partial charge >= 0.3 is 0 Å². The van der Waals surface area contributed by atoms with Gasteiger partial charge in [-0.1, -0.05) is 60.7 Å². The van der Waals surface area contributed by atoms with E-state index in [0.29, 0.717) is 11.8 Å². The molecule has 2 bridgehead atoms. The lowest BCUT2D eigenvalue weighted by atomic mass is 9.71. The van der Waals surface area contributed by atoms with Crippen LogP contribution < -0.4 is 4.74 Å². The molecule has 0 radical (unpaired) electrons. The number of nitrogens with zero attached hydrogens (tertiary/aromatic N) is 2. The molecular formula is C33H35N2O2+. The molecule has 4 unspecified atom stereocenters. The van der Waals surface area contributed by atoms with E-state index in [1.165, 1.54) is 23.1 Å². The number of hydrogen-bond donors (Lipinski definition) is 1. The highest BCUT2D eigenvalue weighted by Crippen LogP contribution is 2.48. The molecule has 3 aromatic carbocycles. The smallest absolute Gasteiger partial charge is 0.131 e. The number of methoxy groups -OCH3 is 1. The van der Waals surface area contributed by atoms with Crippen LogP contribution in [0, 0.1) is 11.8 Å². The van der Waals surface area contributed by atoms with Crippen LogP contribution in [-0.2, 0) is 6.54 Å². The molecule has 0 amide bonds. The van der Waals surface area contributed by atoms with Gasteiger partial charge in [-0.25, -0.2) is 0 Å². The molecule has 0 aliphatic carbocycles. The quantitative estimate of drug-likeness (QED) is 0.235. The van der Waals surface area contributed by atoms with Gasteiger partial charge in [0.2, 0.25) is 0 Å². The van der Waals surface area contributed by atoms with Crippen LogP contribution in [0.5, 0.6) is 5.75 Å². The first-order valence-electron chi connectivity index (χ1n) is 13.3. The van der Waals surface area contributed by atoms with Crippen molar-refractivity contribution in [3.8, 4) is 16.9 Å². The predicted octanol–water partition coefficient (Wildman–Crippen LogP) is 6.56. The number of piperidine rings is 3. The van der Waals surface area contributed by atoms with E-state index in [-0.39, 0.29) is 6.04 Å². The molecule has 3 aliphatic heterocycles. The normalized spacial score (nSPS) is 25.6. The van der Waals surface area contributed by atoms with Gasteiger partial charge in [-0.2, -0.15) is 0 Å². The average Bonchev–Trinajstić information content (AvgIpc) is 2.97. The number of aliphatic hydroxyl groups excluding tert-OH is 1. The fourth-order valence-corrected chi connectivity index (χ4v) is 6.92. The lowest BCUT2D eigenvalue weighted by Crippen LogP contribution is -2.67. The third-order valence-corrected chi connectivity index (χ3v) is 8.90. The van der Waals surface area contributed by atoms with Crippen molar-refractivity contribution in [2.45, 2.75) is 31.5 Å². The van der Waals surface area contributed by atoms with Crippen LogP contribution in [0.3, 0.4) is 0 Å². The van der Waals surface area contributed by atoms with Crippen molar-refractivity contribution in [2.24, 2.45) is 11.8 Å². The second kappa shape index (κ2) is 9.77. The third-order valence-electron chi connectivity index (χ3n) is 8.90. The van der Waals surface area contributed by atoms with E-state index < -0.39 is 6.10 Å². The van der Waals surface area contributed by atoms with Crippen LogP contribution in [0.25, 0.3) is 22.0 Å². The molecule has 4 nitrogen and oxygen atoms in total. The van der Waals surface area contributed by atoms with E-state index >= 15 is 0 Å². The summed E-state index contributed by atoms with van der Waals surface area (Å²) in [6.45, 7) is 7.21. The zero-order chi connectivity index (χ0) is 25.4. The second-order valence-electron chi connectivity index (χ2n) is 10.8. The summed E-state index contributed by atoms with van der Waals surface area (Å²) in [4.78, 5) is 4.55. The molecule has 1 aromatic heterocycles. The van der Waals surface area contributed by atoms with Crippen molar-refractivity contribution in [1.29, 1.82) is 0 Å². The molecule has 3 saturated heterocycles. The highest BCUT2D eigenvalue weighted by molar-refractivity contribution is 5.84. The Morgan fingerprint density at radius 1 is 1.05 bits per heavy atom. The Balaban J connectivity index is 1.35. The van der Waals surface area contributed by atoms with Crippen molar-refractivity contribution >= 4 is 10.9 Å². The molecule has 4 heteroatoms. The predicted molar refractivity (Wildman–Crippen MR) is 149 cm³/mol. The molecule has 4 aromatic rings. The number of benzene rings is 3. The van der Waals surface area contributed by atoms with Gasteiger partial charge in [0.25, 0.3) is 0 Å². The zero-order valence-corrected chi connectivity index (χ0v) is 21.5. The van der Waals surface area contributed by atoms with Crippen LogP contribution in [0.4, 0.5) is 0 Å². The summed E-state index contributed by atoms with van der Waals surface area (Å²) < 4.78 is 6.39. The van der Waals surface area contributed by atoms with Crippen LogP contribution in [-0.4, -0.2) is 40.8 Å². The molecule has 1 N–H and O–H groups in total. The van der Waals surface area contributed by atoms with Crippen LogP contribution in [0.1, 0.15) is 30.1 Å². The average molecular weight is 492 g/mol. The minimum atomic E-state index is -0.574. The molecule has 0 spiro atoms. The van der Waals surface area contributed by atoms with E-state index in [1.54, 1.807) is 7.11 Å². The van der Waals surface area contributed by atoms with E-state index in [2.05, 4.69) is 72.2 Å². The Morgan fingerprint density at radius 2 is 1.84 bits per heavy atom. The van der Waals surface area contributed by atoms with Gasteiger partial charge in [0.1, 0.15) is 24.4 Å². The monoisotopic (exact) mass is 491 g/mol. The number of hydrogen-bond acceptors (Lipinski definition) is 3. The molecule has 188 valence electrons. The molecule has 0 saturated carbocycles. The van der Waals surface area contributed by atoms with Crippen LogP contribution >= 0.6 is 0 Å². The largest absolute Gasteiger partial charge is 0.497 e. The first kappa shape index (κ1) is 23.9. The minimum Gasteiger partial charge on any atom is -0.497 e. The summed E-state index contributed by atoms with van der Waals surface area (Å²) >= 11 is 0. The zero-order valence-electron chi connectivity index (χ0n) is 21.5. The van der Waals surface area contributed by atoms with Crippen molar-refractivity contribution in [3.05, 3.63) is 109 Å². The Hall–Kier alpha value is -3.47. The van der Waals surface area contributed by atoms with Gasteiger partial charge in [-0.05, 0) is 46.9 Å². The standard InChI is InChI=1S/C33H35N2O2/c1-3-24-22-35(21-23-9-11-26(12-10-23)25-7-5-4-6-8-25)18-16-27(24)19-32(35)33(36)29-15-17-34-31-14-13-28(37-2)20-30(29)31/h3-15,17,20,24,27,32-33,36H,1,16,18-19,21-22H2,2H3/q+1/t24?,27?,32?,33-,35?/m1/s1. The number of pyridine rings is 1. The highest BCUT2D eigenvalue weighted by atomic mass is 16.5. The SMILES string of the molecule is C=CC1C[N+]2(Cc3ccc(-c4ccccc4)cc3)CCC1CC2[C@H](O)c1ccnc2ccc(OC)cc12. The molecule has 3 aliphatic rings. The second-order valence-corrected chi connectivity index (χ2v) is 10.8. The first-order valence-corrected chi connectivity index (χ1v) is 13.3. The Kier molecular flexibility index (Phi) is 6.31. The fraction of sp³-hybridized carbons (Fsp3) is 0.303. The van der Waals surface area contributed by atoms with E-state index in [0.717, 1.165) is 52.8 Å². The third kappa shape index (κ3) is 4.35. The van der Waals surface area contributed by atoms with Crippen molar-refractivity contribution in [2.75, 3.05) is 20.2 Å². The van der Waals surface area contributed by atoms with Crippen LogP contribution in [0.15, 0.2) is 97.7 Å². The Bertz CT molecular complexity index is 1400. The summed E-state index contributed by atoms with van der Waals surface area (Å²) in [5.74, 6) is 1.86. The fourth-order valence-electron chi connectivity index (χ4n) is 6.92. The highest BCUT2D eigenvalue weighted by Gasteiger charge is 2.54. The molecule has 7 rings (SSSR count). The maximum Gasteiger partial charge on any atom is 0.131 e. The number of aromatic nitrogens is 1. The van der Waals surface area contributed by atoms with Gasteiger partial charge in [0.05, 0.1) is 25.7 Å². The van der Waals surface area contributed by atoms with Gasteiger partial charge < -0.3 is 14.3 Å². The maximum absolute atomic E-state index is 12.0. The molecule has 37 heavy (non-hydrogen) atoms. The molecular weight excluding hydrogens is 456 g/mol. The van der Waals surface area contributed by atoms with Gasteiger partial charge in [-0.15, -0.1) is 6.58 Å². The number of fused-ring (bicyclic) bond motifs is 4. The summed E-state index contributed by atoms with van der Waals surface area (Å²) in [6, 6.07) is 27.6. The van der Waals surface area contributed by atoms with Gasteiger partial charge in [0.15, 0.2) is 0 Å². The Labute approximate surface area is 219 Å². The van der Waals surface area contributed by atoms with Crippen molar-refractivity contribution in [1.82, 2.24) is 4.98 Å². The Morgan fingerprint density at radius 3 is 2.59 bits per heavy atom. The summed E-state index contributed by atoms with van der Waals surface area (Å²) in [5, 5.41) is 13.0. The number of rotatable bonds is 7. The molecule has 3 fully saturated rings. The van der Waals surface area contributed by atoms with Crippen LogP contribution in [0.2, 0.25) is 0 Å². The van der Waals surface area contributed by atoms with Crippen molar-refractivity contribution in [3.63, 3.8) is 0 Å².